The Hall–Kier alpha value is -3.97. The minimum Gasteiger partial charge on any atom is -0.481 e. The average Bonchev–Trinajstić information content (AvgIpc) is 2.92. The number of morpholine rings is 1. The van der Waals surface area contributed by atoms with Crippen LogP contribution >= 0.6 is 0 Å². The van der Waals surface area contributed by atoms with Crippen LogP contribution in [-0.2, 0) is 10.2 Å². The first kappa shape index (κ1) is 24.7. The van der Waals surface area contributed by atoms with E-state index in [-0.39, 0.29) is 11.0 Å². The molecular formula is C30H32N4O3. The Labute approximate surface area is 217 Å². The largest absolute Gasteiger partial charge is 0.481 e. The predicted octanol–water partition coefficient (Wildman–Crippen LogP) is 5.09. The van der Waals surface area contributed by atoms with Gasteiger partial charge in [-0.15, -0.1) is 0 Å². The maximum atomic E-state index is 14.1. The highest BCUT2D eigenvalue weighted by Gasteiger charge is 2.18. The Bertz CT molecular complexity index is 1510. The van der Waals surface area contributed by atoms with Gasteiger partial charge in [0.25, 0.3) is 5.56 Å². The SMILES string of the molecule is COc1cccc(/C=C/c2nc3ccc(N4CCOCC4)cc3c(=O)n2-c2cccc(C(C)(C)C)c2)n1. The van der Waals surface area contributed by atoms with Crippen molar-refractivity contribution in [2.24, 2.45) is 0 Å². The molecule has 2 aromatic carbocycles. The first-order chi connectivity index (χ1) is 17.8. The number of rotatable bonds is 5. The van der Waals surface area contributed by atoms with Crippen LogP contribution in [0.3, 0.4) is 0 Å². The first-order valence-electron chi connectivity index (χ1n) is 12.5. The molecule has 0 amide bonds. The quantitative estimate of drug-likeness (QED) is 0.383. The molecular weight excluding hydrogens is 464 g/mol. The van der Waals surface area contributed by atoms with E-state index in [9.17, 15) is 4.79 Å². The van der Waals surface area contributed by atoms with Gasteiger partial charge in [-0.1, -0.05) is 39.0 Å². The van der Waals surface area contributed by atoms with Crippen LogP contribution in [0.1, 0.15) is 37.9 Å². The topological polar surface area (TPSA) is 69.5 Å². The molecule has 1 fully saturated rings. The molecule has 7 heteroatoms. The molecule has 0 atom stereocenters. The minimum atomic E-state index is -0.107. The van der Waals surface area contributed by atoms with Crippen molar-refractivity contribution in [3.63, 3.8) is 0 Å². The second kappa shape index (κ2) is 10.2. The molecule has 7 nitrogen and oxygen atoms in total. The summed E-state index contributed by atoms with van der Waals surface area (Å²) in [7, 11) is 1.59. The maximum absolute atomic E-state index is 14.1. The van der Waals surface area contributed by atoms with Crippen molar-refractivity contribution in [2.75, 3.05) is 38.3 Å². The number of fused-ring (bicyclic) bond motifs is 1. The van der Waals surface area contributed by atoms with E-state index in [4.69, 9.17) is 14.5 Å². The Morgan fingerprint density at radius 2 is 1.70 bits per heavy atom. The van der Waals surface area contributed by atoms with Gasteiger partial charge in [0.05, 0.1) is 42.6 Å². The fourth-order valence-electron chi connectivity index (χ4n) is 4.48. The molecule has 0 saturated carbocycles. The molecule has 5 rings (SSSR count). The first-order valence-corrected chi connectivity index (χ1v) is 12.5. The number of methoxy groups -OCH3 is 1. The van der Waals surface area contributed by atoms with Gasteiger partial charge < -0.3 is 14.4 Å². The van der Waals surface area contributed by atoms with Gasteiger partial charge in [0.15, 0.2) is 0 Å². The van der Waals surface area contributed by atoms with Crippen molar-refractivity contribution in [3.05, 3.63) is 88.1 Å². The second-order valence-corrected chi connectivity index (χ2v) is 10.1. The van der Waals surface area contributed by atoms with E-state index in [2.05, 4.69) is 42.8 Å². The monoisotopic (exact) mass is 496 g/mol. The third-order valence-corrected chi connectivity index (χ3v) is 6.58. The summed E-state index contributed by atoms with van der Waals surface area (Å²) in [6.07, 6.45) is 3.69. The van der Waals surface area contributed by atoms with E-state index >= 15 is 0 Å². The lowest BCUT2D eigenvalue weighted by atomic mass is 9.87. The fraction of sp³-hybridized carbons (Fsp3) is 0.300. The van der Waals surface area contributed by atoms with Gasteiger partial charge in [-0.2, -0.15) is 0 Å². The number of hydrogen-bond acceptors (Lipinski definition) is 6. The average molecular weight is 497 g/mol. The third kappa shape index (κ3) is 5.27. The van der Waals surface area contributed by atoms with Gasteiger partial charge >= 0.3 is 0 Å². The summed E-state index contributed by atoms with van der Waals surface area (Å²) >= 11 is 0. The molecule has 190 valence electrons. The highest BCUT2D eigenvalue weighted by molar-refractivity contribution is 5.83. The van der Waals surface area contributed by atoms with Gasteiger partial charge in [-0.05, 0) is 59.5 Å². The zero-order valence-electron chi connectivity index (χ0n) is 21.8. The third-order valence-electron chi connectivity index (χ3n) is 6.58. The second-order valence-electron chi connectivity index (χ2n) is 10.1. The molecule has 4 aromatic rings. The summed E-state index contributed by atoms with van der Waals surface area (Å²) in [6.45, 7) is 9.46. The van der Waals surface area contributed by atoms with Crippen LogP contribution < -0.4 is 15.2 Å². The summed E-state index contributed by atoms with van der Waals surface area (Å²) in [4.78, 5) is 25.7. The van der Waals surface area contributed by atoms with Crippen LogP contribution in [0, 0.1) is 0 Å². The molecule has 1 aliphatic rings. The zero-order valence-corrected chi connectivity index (χ0v) is 21.8. The highest BCUT2D eigenvalue weighted by atomic mass is 16.5. The van der Waals surface area contributed by atoms with Crippen LogP contribution in [0.15, 0.2) is 65.5 Å². The molecule has 1 saturated heterocycles. The Morgan fingerprint density at radius 3 is 2.46 bits per heavy atom. The Balaban J connectivity index is 1.68. The summed E-state index contributed by atoms with van der Waals surface area (Å²) in [5.41, 5.74) is 4.13. The van der Waals surface area contributed by atoms with E-state index in [1.165, 1.54) is 0 Å². The van der Waals surface area contributed by atoms with E-state index < -0.39 is 0 Å². The smallest absolute Gasteiger partial charge is 0.266 e. The number of pyridine rings is 1. The van der Waals surface area contributed by atoms with Crippen molar-refractivity contribution in [2.45, 2.75) is 26.2 Å². The van der Waals surface area contributed by atoms with E-state index in [1.54, 1.807) is 17.7 Å². The molecule has 0 radical (unpaired) electrons. The molecule has 0 N–H and O–H groups in total. The normalized spacial score (nSPS) is 14.4. The number of aromatic nitrogens is 3. The van der Waals surface area contributed by atoms with Crippen molar-refractivity contribution in [3.8, 4) is 11.6 Å². The zero-order chi connectivity index (χ0) is 26.0. The predicted molar refractivity (Wildman–Crippen MR) is 149 cm³/mol. The molecule has 37 heavy (non-hydrogen) atoms. The molecule has 1 aliphatic heterocycles. The van der Waals surface area contributed by atoms with Crippen molar-refractivity contribution in [1.82, 2.24) is 14.5 Å². The maximum Gasteiger partial charge on any atom is 0.266 e. The van der Waals surface area contributed by atoms with Gasteiger partial charge in [0, 0.05) is 24.8 Å². The van der Waals surface area contributed by atoms with Crippen LogP contribution in [-0.4, -0.2) is 47.9 Å². The minimum absolute atomic E-state index is 0.0616. The van der Waals surface area contributed by atoms with E-state index in [0.29, 0.717) is 41.5 Å². The molecule has 0 unspecified atom stereocenters. The van der Waals surface area contributed by atoms with Crippen LogP contribution in [0.25, 0.3) is 28.7 Å². The van der Waals surface area contributed by atoms with Crippen molar-refractivity contribution in [1.29, 1.82) is 0 Å². The summed E-state index contributed by atoms with van der Waals surface area (Å²) < 4.78 is 12.4. The van der Waals surface area contributed by atoms with E-state index in [0.717, 1.165) is 30.0 Å². The molecule has 0 spiro atoms. The lowest BCUT2D eigenvalue weighted by Crippen LogP contribution is -2.36. The van der Waals surface area contributed by atoms with E-state index in [1.807, 2.05) is 54.6 Å². The lowest BCUT2D eigenvalue weighted by molar-refractivity contribution is 0.122. The van der Waals surface area contributed by atoms with Gasteiger partial charge in [0.2, 0.25) is 5.88 Å². The Kier molecular flexibility index (Phi) is 6.80. The fourth-order valence-corrected chi connectivity index (χ4v) is 4.48. The van der Waals surface area contributed by atoms with Crippen molar-refractivity contribution >= 4 is 28.7 Å². The van der Waals surface area contributed by atoms with Crippen LogP contribution in [0.4, 0.5) is 5.69 Å². The number of anilines is 1. The van der Waals surface area contributed by atoms with Crippen molar-refractivity contribution < 1.29 is 9.47 Å². The standard InChI is InChI=1S/C30H32N4O3/c1-30(2,3)21-7-5-9-24(19-21)34-27(14-11-22-8-6-10-28(31-22)36-4)32-26-13-12-23(20-25(26)29(34)35)33-15-17-37-18-16-33/h5-14,19-20H,15-18H2,1-4H3/b14-11+. The van der Waals surface area contributed by atoms with Gasteiger partial charge in [-0.25, -0.2) is 9.97 Å². The molecule has 3 heterocycles. The summed E-state index contributed by atoms with van der Waals surface area (Å²) in [5, 5.41) is 0.585. The van der Waals surface area contributed by atoms with Gasteiger partial charge in [0.1, 0.15) is 5.82 Å². The van der Waals surface area contributed by atoms with Crippen LogP contribution in [0.5, 0.6) is 5.88 Å². The number of hydrogen-bond donors (Lipinski definition) is 0. The highest BCUT2D eigenvalue weighted by Crippen LogP contribution is 2.26. The number of nitrogens with zero attached hydrogens (tertiary/aromatic N) is 4. The Morgan fingerprint density at radius 1 is 0.919 bits per heavy atom. The summed E-state index contributed by atoms with van der Waals surface area (Å²) in [5.74, 6) is 1.06. The molecule has 0 aliphatic carbocycles. The lowest BCUT2D eigenvalue weighted by Gasteiger charge is -2.29. The number of benzene rings is 2. The summed E-state index contributed by atoms with van der Waals surface area (Å²) in [6, 6.07) is 19.6. The molecule has 2 aromatic heterocycles. The number of ether oxygens (including phenoxy) is 2. The molecule has 0 bridgehead atoms. The van der Waals surface area contributed by atoms with Crippen LogP contribution in [0.2, 0.25) is 0 Å². The van der Waals surface area contributed by atoms with Gasteiger partial charge in [-0.3, -0.25) is 9.36 Å².